The first-order valence-electron chi connectivity index (χ1n) is 3.49. The van der Waals surface area contributed by atoms with Crippen molar-refractivity contribution in [3.8, 4) is 12.3 Å². The second-order valence-electron chi connectivity index (χ2n) is 2.15. The number of nitrogens with one attached hydrogen (secondary N) is 1. The summed E-state index contributed by atoms with van der Waals surface area (Å²) >= 11 is 0. The maximum atomic E-state index is 5.23. The normalized spacial score (nSPS) is 9.09. The fraction of sp³-hybridized carbons (Fsp3) is 0.222. The second-order valence-corrected chi connectivity index (χ2v) is 2.15. The molecule has 1 heterocycles. The lowest BCUT2D eigenvalue weighted by atomic mass is 10.3. The third-order valence-corrected chi connectivity index (χ3v) is 1.45. The number of rotatable bonds is 2. The highest BCUT2D eigenvalue weighted by molar-refractivity contribution is 5.50. The van der Waals surface area contributed by atoms with Gasteiger partial charge in [0, 0.05) is 7.85 Å². The summed E-state index contributed by atoms with van der Waals surface area (Å²) in [4.78, 5) is 7.22. The van der Waals surface area contributed by atoms with Crippen LogP contribution in [0.2, 0.25) is 0 Å². The molecule has 0 atom stereocenters. The number of aromatic nitrogens is 2. The molecule has 1 rings (SSSR count). The zero-order chi connectivity index (χ0) is 8.27. The van der Waals surface area contributed by atoms with Gasteiger partial charge in [-0.1, -0.05) is 19.4 Å². The Morgan fingerprint density at radius 2 is 2.64 bits per heavy atom. The van der Waals surface area contributed by atoms with Gasteiger partial charge < -0.3 is 4.98 Å². The highest BCUT2D eigenvalue weighted by Gasteiger charge is 2.01. The van der Waals surface area contributed by atoms with Crippen molar-refractivity contribution in [2.75, 3.05) is 0 Å². The summed E-state index contributed by atoms with van der Waals surface area (Å²) in [5.74, 6) is 3.42. The Hall–Kier alpha value is -1.49. The van der Waals surface area contributed by atoms with Crippen LogP contribution in [0.1, 0.15) is 25.6 Å². The van der Waals surface area contributed by atoms with Crippen molar-refractivity contribution in [3.63, 3.8) is 0 Å². The van der Waals surface area contributed by atoms with Crippen LogP contribution < -0.4 is 0 Å². The molecular formula is C9H12N2. The summed E-state index contributed by atoms with van der Waals surface area (Å²) in [5.41, 5.74) is 1.49. The van der Waals surface area contributed by atoms with Gasteiger partial charge in [-0.05, 0) is 6.08 Å². The Bertz CT molecular complexity index is 307. The number of hydrogen-bond acceptors (Lipinski definition) is 1. The molecule has 1 aromatic heterocycles. The quantitative estimate of drug-likeness (QED) is 0.637. The second kappa shape index (κ2) is 3.07. The molecule has 0 aromatic carbocycles. The van der Waals surface area contributed by atoms with E-state index in [9.17, 15) is 0 Å². The number of terminal acetylenes is 1. The van der Waals surface area contributed by atoms with Crippen LogP contribution in [0, 0.1) is 12.3 Å². The fourth-order valence-electron chi connectivity index (χ4n) is 0.863. The molecule has 0 fully saturated rings. The van der Waals surface area contributed by atoms with E-state index in [1.807, 2.05) is 6.92 Å². The number of nitrogens with zero attached hydrogens (tertiary/aromatic N) is 1. The molecule has 0 bridgehead atoms. The van der Waals surface area contributed by atoms with E-state index in [4.69, 9.17) is 6.42 Å². The summed E-state index contributed by atoms with van der Waals surface area (Å²) in [6, 6.07) is 0. The molecule has 0 aliphatic rings. The SMILES string of the molecule is C#Cc1[nH]c(CC)nc1C=C.[HH]. The highest BCUT2D eigenvalue weighted by atomic mass is 14.9. The van der Waals surface area contributed by atoms with E-state index in [0.717, 1.165) is 23.6 Å². The van der Waals surface area contributed by atoms with Gasteiger partial charge in [-0.15, -0.1) is 6.42 Å². The Morgan fingerprint density at radius 1 is 1.91 bits per heavy atom. The lowest BCUT2D eigenvalue weighted by Gasteiger charge is -1.81. The van der Waals surface area contributed by atoms with E-state index in [0.29, 0.717) is 0 Å². The smallest absolute Gasteiger partial charge is 0.116 e. The van der Waals surface area contributed by atoms with Crippen LogP contribution in [0.15, 0.2) is 6.58 Å². The Morgan fingerprint density at radius 3 is 3.00 bits per heavy atom. The number of aromatic amines is 1. The molecule has 2 nitrogen and oxygen atoms in total. The zero-order valence-corrected chi connectivity index (χ0v) is 6.52. The van der Waals surface area contributed by atoms with Crippen molar-refractivity contribution in [1.29, 1.82) is 0 Å². The van der Waals surface area contributed by atoms with Gasteiger partial charge in [-0.3, -0.25) is 0 Å². The van der Waals surface area contributed by atoms with E-state index in [1.165, 1.54) is 0 Å². The Balaban J connectivity index is 0.00000121. The van der Waals surface area contributed by atoms with Crippen molar-refractivity contribution >= 4 is 6.08 Å². The first-order valence-corrected chi connectivity index (χ1v) is 3.49. The van der Waals surface area contributed by atoms with Gasteiger partial charge >= 0.3 is 0 Å². The molecule has 0 radical (unpaired) electrons. The average Bonchev–Trinajstić information content (AvgIpc) is 2.46. The predicted octanol–water partition coefficient (Wildman–Crippen LogP) is 1.84. The zero-order valence-electron chi connectivity index (χ0n) is 6.52. The van der Waals surface area contributed by atoms with Crippen LogP contribution in [0.4, 0.5) is 0 Å². The maximum Gasteiger partial charge on any atom is 0.116 e. The molecule has 58 valence electrons. The van der Waals surface area contributed by atoms with Gasteiger partial charge in [0.1, 0.15) is 11.5 Å². The first kappa shape index (κ1) is 7.62. The van der Waals surface area contributed by atoms with Crippen molar-refractivity contribution in [2.24, 2.45) is 0 Å². The van der Waals surface area contributed by atoms with E-state index in [1.54, 1.807) is 6.08 Å². The van der Waals surface area contributed by atoms with Crippen LogP contribution in [0.3, 0.4) is 0 Å². The lowest BCUT2D eigenvalue weighted by molar-refractivity contribution is 0.986. The first-order chi connectivity index (χ1) is 5.31. The largest absolute Gasteiger partial charge is 0.335 e. The standard InChI is InChI=1S/C9H10N2.H2/c1-4-7-8(5-2)11-9(6-3)10-7;/h1,5H,2,6H2,3H3,(H,10,11);1H. The molecule has 0 saturated carbocycles. The van der Waals surface area contributed by atoms with Crippen LogP contribution in [-0.4, -0.2) is 9.97 Å². The van der Waals surface area contributed by atoms with Gasteiger partial charge in [-0.25, -0.2) is 4.98 Å². The van der Waals surface area contributed by atoms with Crippen LogP contribution >= 0.6 is 0 Å². The van der Waals surface area contributed by atoms with Crippen molar-refractivity contribution in [1.82, 2.24) is 9.97 Å². The van der Waals surface area contributed by atoms with Crippen LogP contribution in [0.25, 0.3) is 6.08 Å². The Kier molecular flexibility index (Phi) is 2.12. The molecule has 0 saturated heterocycles. The van der Waals surface area contributed by atoms with Gasteiger partial charge in [-0.2, -0.15) is 0 Å². The minimum Gasteiger partial charge on any atom is -0.335 e. The van der Waals surface area contributed by atoms with E-state index < -0.39 is 0 Å². The van der Waals surface area contributed by atoms with E-state index >= 15 is 0 Å². The summed E-state index contributed by atoms with van der Waals surface area (Å²) in [6.45, 7) is 5.63. The monoisotopic (exact) mass is 148 g/mol. The Labute approximate surface area is 67.8 Å². The minimum atomic E-state index is 0. The number of H-pyrrole nitrogens is 1. The van der Waals surface area contributed by atoms with Gasteiger partial charge in [0.05, 0.1) is 5.69 Å². The summed E-state index contributed by atoms with van der Waals surface area (Å²) < 4.78 is 0. The number of aryl methyl sites for hydroxylation is 1. The molecule has 0 aliphatic heterocycles. The van der Waals surface area contributed by atoms with Crippen molar-refractivity contribution in [2.45, 2.75) is 13.3 Å². The van der Waals surface area contributed by atoms with E-state index in [-0.39, 0.29) is 1.43 Å². The number of hydrogen-bond donors (Lipinski definition) is 1. The molecule has 0 unspecified atom stereocenters. The molecule has 0 aliphatic carbocycles. The molecule has 11 heavy (non-hydrogen) atoms. The average molecular weight is 148 g/mol. The summed E-state index contributed by atoms with van der Waals surface area (Å²) in [7, 11) is 0. The molecule has 1 aromatic rings. The highest BCUT2D eigenvalue weighted by Crippen LogP contribution is 2.06. The molecule has 2 heteroatoms. The van der Waals surface area contributed by atoms with Crippen molar-refractivity contribution in [3.05, 3.63) is 23.8 Å². The minimum absolute atomic E-state index is 0. The predicted molar refractivity (Wildman–Crippen MR) is 48.1 cm³/mol. The van der Waals surface area contributed by atoms with Gasteiger partial charge in [0.2, 0.25) is 0 Å². The van der Waals surface area contributed by atoms with Crippen LogP contribution in [0.5, 0.6) is 0 Å². The molecule has 1 N–H and O–H groups in total. The molecule has 0 spiro atoms. The maximum absolute atomic E-state index is 5.23. The van der Waals surface area contributed by atoms with Crippen molar-refractivity contribution < 1.29 is 1.43 Å². The topological polar surface area (TPSA) is 28.7 Å². The van der Waals surface area contributed by atoms with Gasteiger partial charge in [0.15, 0.2) is 0 Å². The summed E-state index contributed by atoms with van der Waals surface area (Å²) in [5, 5.41) is 0. The van der Waals surface area contributed by atoms with E-state index in [2.05, 4.69) is 22.5 Å². The molecular weight excluding hydrogens is 136 g/mol. The summed E-state index contributed by atoms with van der Waals surface area (Å²) in [6.07, 6.45) is 7.75. The third kappa shape index (κ3) is 1.32. The van der Waals surface area contributed by atoms with Crippen LogP contribution in [-0.2, 0) is 6.42 Å². The lowest BCUT2D eigenvalue weighted by Crippen LogP contribution is -1.80. The molecule has 0 amide bonds. The fourth-order valence-corrected chi connectivity index (χ4v) is 0.863. The number of imidazole rings is 1. The third-order valence-electron chi connectivity index (χ3n) is 1.45. The van der Waals surface area contributed by atoms with Gasteiger partial charge in [0.25, 0.3) is 0 Å².